The Bertz CT molecular complexity index is 1090. The highest BCUT2D eigenvalue weighted by Gasteiger charge is 2.70. The van der Waals surface area contributed by atoms with Crippen molar-refractivity contribution in [3.8, 4) is 0 Å². The minimum Gasteiger partial charge on any atom is -0.458 e. The molecule has 4 aliphatic rings. The number of ether oxygens (including phenoxy) is 1. The normalized spacial score (nSPS) is 41.1. The predicted octanol–water partition coefficient (Wildman–Crippen LogP) is 9.54. The number of hydrogen-bond donors (Lipinski definition) is 0. The second-order valence-electron chi connectivity index (χ2n) is 16.3. The largest absolute Gasteiger partial charge is 0.458 e. The third-order valence-electron chi connectivity index (χ3n) is 13.6. The fourth-order valence-electron chi connectivity index (χ4n) is 11.1. The maximum absolute atomic E-state index is 14.4. The van der Waals surface area contributed by atoms with Crippen LogP contribution in [0.5, 0.6) is 0 Å². The number of carbonyl (C=O) groups excluding carboxylic acids is 2. The van der Waals surface area contributed by atoms with Crippen LogP contribution in [-0.2, 0) is 9.53 Å². The van der Waals surface area contributed by atoms with Gasteiger partial charge in [0.05, 0.1) is 5.56 Å². The first-order chi connectivity index (χ1) is 18.8. The number of Topliss-reactive ketones (excluding diaryl/α,β-unsaturated/α-hetero) is 1. The van der Waals surface area contributed by atoms with Crippen molar-refractivity contribution in [1.82, 2.24) is 0 Å². The molecule has 0 heterocycles. The summed E-state index contributed by atoms with van der Waals surface area (Å²) in [5, 5.41) is 0. The number of esters is 1. The highest BCUT2D eigenvalue weighted by atomic mass is 16.5. The van der Waals surface area contributed by atoms with Gasteiger partial charge in [0.25, 0.3) is 0 Å². The topological polar surface area (TPSA) is 43.4 Å². The van der Waals surface area contributed by atoms with Gasteiger partial charge in [-0.3, -0.25) is 4.79 Å². The molecular weight excluding hydrogens is 492 g/mol. The summed E-state index contributed by atoms with van der Waals surface area (Å²) in [6, 6.07) is 9.36. The molecule has 222 valence electrons. The molecule has 4 fully saturated rings. The lowest BCUT2D eigenvalue weighted by Crippen LogP contribution is -2.64. The molecule has 4 aliphatic carbocycles. The number of benzene rings is 1. The van der Waals surface area contributed by atoms with Crippen LogP contribution in [0.15, 0.2) is 30.3 Å². The fourth-order valence-corrected chi connectivity index (χ4v) is 11.1. The van der Waals surface area contributed by atoms with Crippen LogP contribution in [0.1, 0.15) is 130 Å². The van der Waals surface area contributed by atoms with Crippen LogP contribution in [0.2, 0.25) is 0 Å². The quantitative estimate of drug-likeness (QED) is 0.319. The first kappa shape index (κ1) is 29.8. The molecule has 4 saturated carbocycles. The zero-order valence-electron chi connectivity index (χ0n) is 26.7. The third kappa shape index (κ3) is 4.60. The fraction of sp³-hybridized carbons (Fsp3) is 0.784. The van der Waals surface area contributed by atoms with Crippen molar-refractivity contribution in [1.29, 1.82) is 0 Å². The maximum atomic E-state index is 14.4. The van der Waals surface area contributed by atoms with Crippen molar-refractivity contribution < 1.29 is 14.3 Å². The monoisotopic (exact) mass is 548 g/mol. The van der Waals surface area contributed by atoms with Crippen molar-refractivity contribution in [3.63, 3.8) is 0 Å². The predicted molar refractivity (Wildman–Crippen MR) is 163 cm³/mol. The number of hydrogen-bond acceptors (Lipinski definition) is 3. The van der Waals surface area contributed by atoms with E-state index in [1.54, 1.807) is 0 Å². The molecule has 0 saturated heterocycles. The smallest absolute Gasteiger partial charge is 0.338 e. The molecule has 9 atom stereocenters. The molecular formula is C37H56O3. The lowest BCUT2D eigenvalue weighted by molar-refractivity contribution is -0.200. The summed E-state index contributed by atoms with van der Waals surface area (Å²) in [6.45, 7) is 19.3. The highest BCUT2D eigenvalue weighted by Crippen LogP contribution is 2.74. The Morgan fingerprint density at radius 3 is 2.25 bits per heavy atom. The Kier molecular flexibility index (Phi) is 7.88. The van der Waals surface area contributed by atoms with E-state index < -0.39 is 0 Å². The van der Waals surface area contributed by atoms with E-state index in [-0.39, 0.29) is 45.6 Å². The Labute approximate surface area is 244 Å². The van der Waals surface area contributed by atoms with Crippen molar-refractivity contribution >= 4 is 11.8 Å². The van der Waals surface area contributed by atoms with Gasteiger partial charge in [0.2, 0.25) is 0 Å². The van der Waals surface area contributed by atoms with Gasteiger partial charge >= 0.3 is 5.97 Å². The number of rotatable bonds is 7. The van der Waals surface area contributed by atoms with Crippen molar-refractivity contribution in [2.24, 2.45) is 57.2 Å². The van der Waals surface area contributed by atoms with E-state index in [1.165, 1.54) is 44.9 Å². The van der Waals surface area contributed by atoms with Gasteiger partial charge in [-0.25, -0.2) is 4.79 Å². The average molecular weight is 549 g/mol. The van der Waals surface area contributed by atoms with Crippen molar-refractivity contribution in [2.45, 2.75) is 126 Å². The summed E-state index contributed by atoms with van der Waals surface area (Å²) in [5.74, 6) is 3.39. The van der Waals surface area contributed by atoms with Crippen molar-refractivity contribution in [3.05, 3.63) is 35.9 Å². The SMILES string of the molecule is CC(C)CCC[C@@H](C)[C@H]1CC[C@@]2(C)[C@@H]3C(=O)CC4C(C)(C)[C@@H](OC(=O)c5ccccc5)CC[C@]4(C)[C@H]3CC[C@]12C. The van der Waals surface area contributed by atoms with Gasteiger partial charge in [-0.05, 0) is 96.5 Å². The maximum Gasteiger partial charge on any atom is 0.338 e. The van der Waals surface area contributed by atoms with Gasteiger partial charge < -0.3 is 4.74 Å². The van der Waals surface area contributed by atoms with Gasteiger partial charge in [0.15, 0.2) is 0 Å². The van der Waals surface area contributed by atoms with E-state index in [9.17, 15) is 9.59 Å². The summed E-state index contributed by atoms with van der Waals surface area (Å²) in [4.78, 5) is 27.4. The van der Waals surface area contributed by atoms with Gasteiger partial charge in [-0.1, -0.05) is 92.9 Å². The molecule has 3 nitrogen and oxygen atoms in total. The van der Waals surface area contributed by atoms with E-state index in [0.29, 0.717) is 23.7 Å². The molecule has 0 N–H and O–H groups in total. The Hall–Kier alpha value is -1.64. The lowest BCUT2D eigenvalue weighted by atomic mass is 9.37. The summed E-state index contributed by atoms with van der Waals surface area (Å²) in [7, 11) is 0. The second kappa shape index (κ2) is 10.6. The Balaban J connectivity index is 1.36. The number of ketones is 1. The van der Waals surface area contributed by atoms with Crippen LogP contribution in [0, 0.1) is 57.2 Å². The summed E-state index contributed by atoms with van der Waals surface area (Å²) in [6.07, 6.45) is 11.3. The summed E-state index contributed by atoms with van der Waals surface area (Å²) < 4.78 is 6.20. The molecule has 1 aromatic carbocycles. The Morgan fingerprint density at radius 2 is 1.57 bits per heavy atom. The van der Waals surface area contributed by atoms with Crippen LogP contribution >= 0.6 is 0 Å². The van der Waals surface area contributed by atoms with Crippen LogP contribution in [0.3, 0.4) is 0 Å². The first-order valence-corrected chi connectivity index (χ1v) is 16.5. The molecule has 0 aromatic heterocycles. The molecule has 1 unspecified atom stereocenters. The average Bonchev–Trinajstić information content (AvgIpc) is 3.18. The minimum atomic E-state index is -0.234. The molecule has 0 bridgehead atoms. The standard InChI is InChI=1S/C37H56O3/c1-24(2)13-12-14-25(3)27-17-22-37(8)32-28(18-21-36(27,37)7)35(6)20-19-31(34(4,5)30(35)23-29(32)38)40-33(39)26-15-10-9-11-16-26/h9-11,15-16,24-25,27-28,30-32H,12-14,17-23H2,1-8H3/t25-,27-,28+,30?,31+,32+,35-,36-,37+/m1/s1. The molecule has 0 radical (unpaired) electrons. The van der Waals surface area contributed by atoms with E-state index in [4.69, 9.17) is 4.74 Å². The van der Waals surface area contributed by atoms with Crippen molar-refractivity contribution in [2.75, 3.05) is 0 Å². The lowest BCUT2D eigenvalue weighted by Gasteiger charge is -2.66. The molecule has 1 aromatic rings. The molecule has 5 rings (SSSR count). The highest BCUT2D eigenvalue weighted by molar-refractivity contribution is 5.89. The van der Waals surface area contributed by atoms with E-state index in [0.717, 1.165) is 30.6 Å². The van der Waals surface area contributed by atoms with Gasteiger partial charge in [0, 0.05) is 17.8 Å². The zero-order valence-corrected chi connectivity index (χ0v) is 26.7. The second-order valence-corrected chi connectivity index (χ2v) is 16.3. The van der Waals surface area contributed by atoms with E-state index >= 15 is 0 Å². The van der Waals surface area contributed by atoms with Gasteiger partial charge in [-0.2, -0.15) is 0 Å². The van der Waals surface area contributed by atoms with Crippen LogP contribution in [-0.4, -0.2) is 17.9 Å². The third-order valence-corrected chi connectivity index (χ3v) is 13.6. The van der Waals surface area contributed by atoms with E-state index in [1.807, 2.05) is 30.3 Å². The first-order valence-electron chi connectivity index (χ1n) is 16.5. The number of fused-ring (bicyclic) bond motifs is 5. The zero-order chi connectivity index (χ0) is 29.1. The van der Waals surface area contributed by atoms with E-state index in [2.05, 4.69) is 55.4 Å². The molecule has 3 heteroatoms. The molecule has 0 amide bonds. The molecule has 40 heavy (non-hydrogen) atoms. The van der Waals surface area contributed by atoms with Crippen LogP contribution < -0.4 is 0 Å². The molecule has 0 spiro atoms. The Morgan fingerprint density at radius 1 is 0.900 bits per heavy atom. The summed E-state index contributed by atoms with van der Waals surface area (Å²) >= 11 is 0. The van der Waals surface area contributed by atoms with Crippen LogP contribution in [0.4, 0.5) is 0 Å². The van der Waals surface area contributed by atoms with Crippen LogP contribution in [0.25, 0.3) is 0 Å². The number of carbonyl (C=O) groups is 2. The van der Waals surface area contributed by atoms with Gasteiger partial charge in [0.1, 0.15) is 11.9 Å². The molecule has 0 aliphatic heterocycles. The van der Waals surface area contributed by atoms with Gasteiger partial charge in [-0.15, -0.1) is 0 Å². The minimum absolute atomic E-state index is 0.0960. The summed E-state index contributed by atoms with van der Waals surface area (Å²) in [5.41, 5.74) is 0.840.